The topological polar surface area (TPSA) is 48.2 Å². The highest BCUT2D eigenvalue weighted by Crippen LogP contribution is 2.32. The molecular weight excluding hydrogens is 248 g/mol. The van der Waals surface area contributed by atoms with Gasteiger partial charge in [0, 0.05) is 23.9 Å². The van der Waals surface area contributed by atoms with Gasteiger partial charge in [-0.15, -0.1) is 0 Å². The van der Waals surface area contributed by atoms with Crippen LogP contribution in [0.2, 0.25) is 0 Å². The third-order valence-electron chi connectivity index (χ3n) is 4.18. The van der Waals surface area contributed by atoms with E-state index >= 15 is 0 Å². The first-order chi connectivity index (χ1) is 9.88. The average Bonchev–Trinajstić information content (AvgIpc) is 2.92. The van der Waals surface area contributed by atoms with Crippen molar-refractivity contribution in [1.29, 1.82) is 0 Å². The van der Waals surface area contributed by atoms with Crippen LogP contribution in [0.3, 0.4) is 0 Å². The fourth-order valence-corrected chi connectivity index (χ4v) is 3.25. The van der Waals surface area contributed by atoms with Crippen molar-refractivity contribution in [3.05, 3.63) is 47.9 Å². The quantitative estimate of drug-likeness (QED) is 0.775. The predicted molar refractivity (Wildman–Crippen MR) is 79.4 cm³/mol. The summed E-state index contributed by atoms with van der Waals surface area (Å²) < 4.78 is 4.32. The summed E-state index contributed by atoms with van der Waals surface area (Å²) in [6, 6.07) is 10.6. The van der Waals surface area contributed by atoms with Gasteiger partial charge in [0.25, 0.3) is 0 Å². The predicted octanol–water partition coefficient (Wildman–Crippen LogP) is 2.60. The lowest BCUT2D eigenvalue weighted by Crippen LogP contribution is -2.08. The zero-order valence-electron chi connectivity index (χ0n) is 11.4. The maximum atomic E-state index is 5.83. The maximum absolute atomic E-state index is 5.83. The number of aryl methyl sites for hydroxylation is 2. The van der Waals surface area contributed by atoms with Gasteiger partial charge in [0.2, 0.25) is 0 Å². The summed E-state index contributed by atoms with van der Waals surface area (Å²) in [5, 5.41) is 4.65. The highest BCUT2D eigenvalue weighted by molar-refractivity contribution is 5.75. The molecule has 0 bridgehead atoms. The van der Waals surface area contributed by atoms with Crippen molar-refractivity contribution in [3.8, 4) is 11.1 Å². The minimum Gasteiger partial charge on any atom is -0.324 e. The van der Waals surface area contributed by atoms with Crippen molar-refractivity contribution in [1.82, 2.24) is 14.2 Å². The molecule has 1 aliphatic rings. The molecule has 2 N–H and O–H groups in total. The zero-order chi connectivity index (χ0) is 13.5. The highest BCUT2D eigenvalue weighted by atomic mass is 15.3. The number of nitrogens with zero attached hydrogens (tertiary/aromatic N) is 3. The van der Waals surface area contributed by atoms with Crippen LogP contribution in [0, 0.1) is 0 Å². The van der Waals surface area contributed by atoms with Crippen LogP contribution in [0.25, 0.3) is 16.8 Å². The van der Waals surface area contributed by atoms with E-state index in [4.69, 9.17) is 5.73 Å². The number of aromatic nitrogens is 3. The molecule has 1 aromatic carbocycles. The zero-order valence-corrected chi connectivity index (χ0v) is 11.4. The fourth-order valence-electron chi connectivity index (χ4n) is 3.25. The molecule has 3 heterocycles. The van der Waals surface area contributed by atoms with E-state index in [2.05, 4.69) is 46.2 Å². The Morgan fingerprint density at radius 3 is 2.80 bits per heavy atom. The Balaban J connectivity index is 2.00. The second-order valence-electron chi connectivity index (χ2n) is 5.38. The normalized spacial score (nSPS) is 14.7. The molecule has 0 fully saturated rings. The molecule has 4 nitrogen and oxygen atoms in total. The lowest BCUT2D eigenvalue weighted by molar-refractivity contribution is 0.615. The molecule has 0 aliphatic carbocycles. The monoisotopic (exact) mass is 266 g/mol. The molecule has 0 unspecified atom stereocenters. The standard InChI is InChI=1S/C16H18N4/c17-10-15-18-20-11-14(12-6-2-1-3-7-12)13-8-4-5-9-19(15)16(13)20/h1-3,6-7,11H,4-5,8-10,17H2. The molecule has 1 aliphatic heterocycles. The molecule has 4 rings (SSSR count). The SMILES string of the molecule is NCc1nn2cc(-c3ccccc3)c3c2n1CCCC3. The third kappa shape index (κ3) is 1.61. The van der Waals surface area contributed by atoms with E-state index in [-0.39, 0.29) is 0 Å². The summed E-state index contributed by atoms with van der Waals surface area (Å²) >= 11 is 0. The first-order valence-corrected chi connectivity index (χ1v) is 7.23. The average molecular weight is 266 g/mol. The van der Waals surface area contributed by atoms with Crippen LogP contribution in [0.15, 0.2) is 36.5 Å². The maximum Gasteiger partial charge on any atom is 0.145 e. The Morgan fingerprint density at radius 2 is 2.00 bits per heavy atom. The molecule has 0 radical (unpaired) electrons. The van der Waals surface area contributed by atoms with E-state index in [0.717, 1.165) is 18.8 Å². The largest absolute Gasteiger partial charge is 0.324 e. The van der Waals surface area contributed by atoms with Gasteiger partial charge in [0.1, 0.15) is 11.5 Å². The highest BCUT2D eigenvalue weighted by Gasteiger charge is 2.21. The van der Waals surface area contributed by atoms with Gasteiger partial charge in [0.15, 0.2) is 0 Å². The van der Waals surface area contributed by atoms with E-state index < -0.39 is 0 Å². The van der Waals surface area contributed by atoms with Crippen LogP contribution in [0.4, 0.5) is 0 Å². The van der Waals surface area contributed by atoms with E-state index in [1.165, 1.54) is 35.2 Å². The molecular formula is C16H18N4. The van der Waals surface area contributed by atoms with Crippen molar-refractivity contribution >= 4 is 5.65 Å². The Bertz CT molecular complexity index is 752. The molecule has 4 heteroatoms. The minimum absolute atomic E-state index is 0.502. The summed E-state index contributed by atoms with van der Waals surface area (Å²) in [5.74, 6) is 0.989. The third-order valence-corrected chi connectivity index (χ3v) is 4.18. The van der Waals surface area contributed by atoms with E-state index in [1.807, 2.05) is 4.52 Å². The van der Waals surface area contributed by atoms with Crippen LogP contribution < -0.4 is 5.73 Å². The number of nitrogens with two attached hydrogens (primary N) is 1. The first-order valence-electron chi connectivity index (χ1n) is 7.23. The Hall–Kier alpha value is -2.07. The van der Waals surface area contributed by atoms with Crippen LogP contribution in [0.5, 0.6) is 0 Å². The lowest BCUT2D eigenvalue weighted by Gasteiger charge is -2.04. The number of benzene rings is 1. The van der Waals surface area contributed by atoms with Gasteiger partial charge in [0.05, 0.1) is 6.54 Å². The fraction of sp³-hybridized carbons (Fsp3) is 0.312. The Labute approximate surface area is 117 Å². The summed E-state index contributed by atoms with van der Waals surface area (Å²) in [6.45, 7) is 1.53. The van der Waals surface area contributed by atoms with E-state index in [9.17, 15) is 0 Å². The van der Waals surface area contributed by atoms with Crippen LogP contribution in [0.1, 0.15) is 24.2 Å². The Morgan fingerprint density at radius 1 is 1.15 bits per heavy atom. The molecule has 3 aromatic rings. The first kappa shape index (κ1) is 11.7. The molecule has 0 atom stereocenters. The minimum atomic E-state index is 0.502. The summed E-state index contributed by atoms with van der Waals surface area (Å²) in [5.41, 5.74) is 11.1. The second kappa shape index (κ2) is 4.49. The molecule has 102 valence electrons. The van der Waals surface area contributed by atoms with Gasteiger partial charge in [-0.1, -0.05) is 30.3 Å². The number of hydrogen-bond donors (Lipinski definition) is 1. The molecule has 0 spiro atoms. The smallest absolute Gasteiger partial charge is 0.145 e. The molecule has 2 aromatic heterocycles. The van der Waals surface area contributed by atoms with Crippen molar-refractivity contribution < 1.29 is 0 Å². The van der Waals surface area contributed by atoms with Crippen LogP contribution in [-0.4, -0.2) is 14.2 Å². The van der Waals surface area contributed by atoms with Gasteiger partial charge < -0.3 is 10.3 Å². The van der Waals surface area contributed by atoms with Crippen molar-refractivity contribution in [2.75, 3.05) is 0 Å². The van der Waals surface area contributed by atoms with Gasteiger partial charge >= 0.3 is 0 Å². The Kier molecular flexibility index (Phi) is 2.63. The number of hydrogen-bond acceptors (Lipinski definition) is 2. The van der Waals surface area contributed by atoms with Gasteiger partial charge in [-0.05, 0) is 24.8 Å². The van der Waals surface area contributed by atoms with Crippen molar-refractivity contribution in [2.45, 2.75) is 32.4 Å². The lowest BCUT2D eigenvalue weighted by atomic mass is 10.0. The van der Waals surface area contributed by atoms with E-state index in [1.54, 1.807) is 0 Å². The number of rotatable bonds is 2. The van der Waals surface area contributed by atoms with Crippen molar-refractivity contribution in [2.24, 2.45) is 5.73 Å². The van der Waals surface area contributed by atoms with Gasteiger partial charge in [-0.3, -0.25) is 0 Å². The summed E-state index contributed by atoms with van der Waals surface area (Å²) in [6.07, 6.45) is 5.70. The molecule has 0 saturated carbocycles. The summed E-state index contributed by atoms with van der Waals surface area (Å²) in [4.78, 5) is 0. The summed E-state index contributed by atoms with van der Waals surface area (Å²) in [7, 11) is 0. The second-order valence-corrected chi connectivity index (χ2v) is 5.38. The molecule has 20 heavy (non-hydrogen) atoms. The van der Waals surface area contributed by atoms with E-state index in [0.29, 0.717) is 6.54 Å². The molecule has 0 saturated heterocycles. The van der Waals surface area contributed by atoms with Gasteiger partial charge in [-0.2, -0.15) is 5.10 Å². The van der Waals surface area contributed by atoms with Gasteiger partial charge in [-0.25, -0.2) is 4.52 Å². The van der Waals surface area contributed by atoms with Crippen molar-refractivity contribution in [3.63, 3.8) is 0 Å². The molecule has 0 amide bonds. The van der Waals surface area contributed by atoms with Crippen LogP contribution >= 0.6 is 0 Å². The van der Waals surface area contributed by atoms with Crippen LogP contribution in [-0.2, 0) is 19.5 Å².